The van der Waals surface area contributed by atoms with Crippen molar-refractivity contribution in [1.29, 1.82) is 0 Å². The van der Waals surface area contributed by atoms with Crippen LogP contribution in [0.4, 0.5) is 0 Å². The first-order chi connectivity index (χ1) is 6.52. The van der Waals surface area contributed by atoms with Crippen molar-refractivity contribution in [3.05, 3.63) is 0 Å². The Labute approximate surface area is 84.6 Å². The van der Waals surface area contributed by atoms with Crippen LogP contribution in [0.5, 0.6) is 0 Å². The highest BCUT2D eigenvalue weighted by Gasteiger charge is 2.19. The Balaban J connectivity index is 4.10. The van der Waals surface area contributed by atoms with Gasteiger partial charge in [-0.3, -0.25) is 14.5 Å². The third kappa shape index (κ3) is 4.23. The number of nitrogens with two attached hydrogens (primary N) is 1. The average Bonchev–Trinajstić information content (AvgIpc) is 2.04. The molecule has 0 rings (SSSR count). The first kappa shape index (κ1) is 12.9. The Kier molecular flexibility index (Phi) is 5.87. The fourth-order valence-corrected chi connectivity index (χ4v) is 1.32. The second-order valence-corrected chi connectivity index (χ2v) is 3.20. The number of nitrogens with zero attached hydrogens (tertiary/aromatic N) is 1. The van der Waals surface area contributed by atoms with Crippen LogP contribution in [0.3, 0.4) is 0 Å². The molecule has 2 amide bonds. The standard InChI is InChI=1S/C9H19N3O2/c1-4-7(9(10)14)12(3)6-8(13)11-5-2/h7H,4-6H2,1-3H3,(H2,10,14)(H,11,13). The van der Waals surface area contributed by atoms with Gasteiger partial charge < -0.3 is 11.1 Å². The van der Waals surface area contributed by atoms with Crippen molar-refractivity contribution in [2.24, 2.45) is 5.73 Å². The number of primary amides is 1. The van der Waals surface area contributed by atoms with E-state index in [1.54, 1.807) is 11.9 Å². The molecule has 0 aliphatic heterocycles. The van der Waals surface area contributed by atoms with Crippen molar-refractivity contribution in [3.8, 4) is 0 Å². The van der Waals surface area contributed by atoms with E-state index in [9.17, 15) is 9.59 Å². The summed E-state index contributed by atoms with van der Waals surface area (Å²) < 4.78 is 0. The molecule has 0 radical (unpaired) electrons. The molecule has 5 heteroatoms. The fraction of sp³-hybridized carbons (Fsp3) is 0.778. The number of nitrogens with one attached hydrogen (secondary N) is 1. The van der Waals surface area contributed by atoms with Crippen molar-refractivity contribution in [2.45, 2.75) is 26.3 Å². The van der Waals surface area contributed by atoms with E-state index in [0.717, 1.165) is 0 Å². The highest BCUT2D eigenvalue weighted by molar-refractivity contribution is 5.82. The van der Waals surface area contributed by atoms with Gasteiger partial charge in [-0.05, 0) is 20.4 Å². The summed E-state index contributed by atoms with van der Waals surface area (Å²) in [7, 11) is 1.72. The maximum Gasteiger partial charge on any atom is 0.234 e. The zero-order valence-electron chi connectivity index (χ0n) is 9.04. The molecule has 0 aromatic carbocycles. The van der Waals surface area contributed by atoms with Crippen molar-refractivity contribution < 1.29 is 9.59 Å². The van der Waals surface area contributed by atoms with Crippen LogP contribution in [0.2, 0.25) is 0 Å². The number of hydrogen-bond acceptors (Lipinski definition) is 3. The minimum atomic E-state index is -0.390. The van der Waals surface area contributed by atoms with E-state index >= 15 is 0 Å². The SMILES string of the molecule is CCNC(=O)CN(C)C(CC)C(N)=O. The molecule has 3 N–H and O–H groups in total. The summed E-state index contributed by atoms with van der Waals surface area (Å²) in [5.74, 6) is -0.478. The number of likely N-dealkylation sites (N-methyl/N-ethyl adjacent to an activating group) is 2. The lowest BCUT2D eigenvalue weighted by Crippen LogP contribution is -2.46. The number of carbonyl (C=O) groups is 2. The van der Waals surface area contributed by atoms with Crippen molar-refractivity contribution >= 4 is 11.8 Å². The maximum atomic E-state index is 11.2. The summed E-state index contributed by atoms with van der Waals surface area (Å²) in [5.41, 5.74) is 5.19. The van der Waals surface area contributed by atoms with E-state index in [-0.39, 0.29) is 24.4 Å². The molecule has 0 bridgehead atoms. The van der Waals surface area contributed by atoms with Crippen LogP contribution >= 0.6 is 0 Å². The number of amides is 2. The summed E-state index contributed by atoms with van der Waals surface area (Å²) in [6.07, 6.45) is 0.616. The van der Waals surface area contributed by atoms with Gasteiger partial charge in [0.15, 0.2) is 0 Å². The predicted molar refractivity (Wildman–Crippen MR) is 54.6 cm³/mol. The Bertz CT molecular complexity index is 206. The van der Waals surface area contributed by atoms with Gasteiger partial charge in [0, 0.05) is 6.54 Å². The molecule has 1 unspecified atom stereocenters. The predicted octanol–water partition coefficient (Wildman–Crippen LogP) is -0.682. The summed E-state index contributed by atoms with van der Waals surface area (Å²) in [6, 6.07) is -0.363. The number of rotatable bonds is 6. The van der Waals surface area contributed by atoms with Gasteiger partial charge in [-0.1, -0.05) is 6.92 Å². The van der Waals surface area contributed by atoms with Gasteiger partial charge in [-0.15, -0.1) is 0 Å². The molecular formula is C9H19N3O2. The third-order valence-electron chi connectivity index (χ3n) is 2.01. The monoisotopic (exact) mass is 201 g/mol. The molecule has 0 fully saturated rings. The third-order valence-corrected chi connectivity index (χ3v) is 2.01. The van der Waals surface area contributed by atoms with E-state index in [1.807, 2.05) is 13.8 Å². The second-order valence-electron chi connectivity index (χ2n) is 3.20. The van der Waals surface area contributed by atoms with Gasteiger partial charge in [-0.2, -0.15) is 0 Å². The van der Waals surface area contributed by atoms with E-state index < -0.39 is 0 Å². The zero-order valence-corrected chi connectivity index (χ0v) is 9.04. The molecule has 0 aliphatic rings. The Morgan fingerprint density at radius 2 is 2.00 bits per heavy atom. The van der Waals surface area contributed by atoms with Crippen LogP contribution in [0.1, 0.15) is 20.3 Å². The first-order valence-electron chi connectivity index (χ1n) is 4.79. The van der Waals surface area contributed by atoms with Crippen LogP contribution in [0.25, 0.3) is 0 Å². The maximum absolute atomic E-state index is 11.2. The van der Waals surface area contributed by atoms with Gasteiger partial charge in [0.1, 0.15) is 0 Å². The Morgan fingerprint density at radius 3 is 2.36 bits per heavy atom. The van der Waals surface area contributed by atoms with Crippen LogP contribution in [0.15, 0.2) is 0 Å². The van der Waals surface area contributed by atoms with E-state index in [4.69, 9.17) is 5.73 Å². The Hall–Kier alpha value is -1.10. The van der Waals surface area contributed by atoms with Crippen LogP contribution in [-0.4, -0.2) is 42.9 Å². The van der Waals surface area contributed by atoms with Gasteiger partial charge >= 0.3 is 0 Å². The zero-order chi connectivity index (χ0) is 11.1. The van der Waals surface area contributed by atoms with E-state index in [0.29, 0.717) is 13.0 Å². The highest BCUT2D eigenvalue weighted by Crippen LogP contribution is 1.99. The minimum Gasteiger partial charge on any atom is -0.368 e. The summed E-state index contributed by atoms with van der Waals surface area (Å²) in [5, 5.41) is 2.66. The molecule has 14 heavy (non-hydrogen) atoms. The minimum absolute atomic E-state index is 0.0882. The molecular weight excluding hydrogens is 182 g/mol. The van der Waals surface area contributed by atoms with Gasteiger partial charge in [0.2, 0.25) is 11.8 Å². The summed E-state index contributed by atoms with van der Waals surface area (Å²) >= 11 is 0. The molecule has 1 atom stereocenters. The molecule has 0 aliphatic carbocycles. The second kappa shape index (κ2) is 6.37. The lowest BCUT2D eigenvalue weighted by molar-refractivity contribution is -0.126. The molecule has 0 spiro atoms. The van der Waals surface area contributed by atoms with Gasteiger partial charge in [0.25, 0.3) is 0 Å². The lowest BCUT2D eigenvalue weighted by Gasteiger charge is -2.23. The number of hydrogen-bond donors (Lipinski definition) is 2. The van der Waals surface area contributed by atoms with Gasteiger partial charge in [0.05, 0.1) is 12.6 Å². The molecule has 82 valence electrons. The van der Waals surface area contributed by atoms with Gasteiger partial charge in [-0.25, -0.2) is 0 Å². The van der Waals surface area contributed by atoms with Crippen LogP contribution in [-0.2, 0) is 9.59 Å². The number of carbonyl (C=O) groups excluding carboxylic acids is 2. The summed E-state index contributed by atoms with van der Waals surface area (Å²) in [6.45, 7) is 4.52. The average molecular weight is 201 g/mol. The first-order valence-corrected chi connectivity index (χ1v) is 4.79. The highest BCUT2D eigenvalue weighted by atomic mass is 16.2. The van der Waals surface area contributed by atoms with Crippen molar-refractivity contribution in [3.63, 3.8) is 0 Å². The summed E-state index contributed by atoms with van der Waals surface area (Å²) in [4.78, 5) is 23.8. The molecule has 5 nitrogen and oxygen atoms in total. The molecule has 0 saturated heterocycles. The normalized spacial score (nSPS) is 12.6. The van der Waals surface area contributed by atoms with Crippen LogP contribution in [0, 0.1) is 0 Å². The Morgan fingerprint density at radius 1 is 1.43 bits per heavy atom. The smallest absolute Gasteiger partial charge is 0.234 e. The largest absolute Gasteiger partial charge is 0.368 e. The van der Waals surface area contributed by atoms with Crippen molar-refractivity contribution in [1.82, 2.24) is 10.2 Å². The topological polar surface area (TPSA) is 75.4 Å². The molecule has 0 heterocycles. The van der Waals surface area contributed by atoms with Crippen molar-refractivity contribution in [2.75, 3.05) is 20.1 Å². The van der Waals surface area contributed by atoms with Crippen LogP contribution < -0.4 is 11.1 Å². The fourth-order valence-electron chi connectivity index (χ4n) is 1.32. The molecule has 0 saturated carbocycles. The van der Waals surface area contributed by atoms with E-state index in [2.05, 4.69) is 5.32 Å². The quantitative estimate of drug-likeness (QED) is 0.597. The lowest BCUT2D eigenvalue weighted by atomic mass is 10.2. The molecule has 0 aromatic rings. The molecule has 0 aromatic heterocycles. The van der Waals surface area contributed by atoms with E-state index in [1.165, 1.54) is 0 Å².